The summed E-state index contributed by atoms with van der Waals surface area (Å²) in [6, 6.07) is 27.8. The molecule has 172 valence electrons. The predicted molar refractivity (Wildman–Crippen MR) is 134 cm³/mol. The first-order chi connectivity index (χ1) is 16.5. The average Bonchev–Trinajstić information content (AvgIpc) is 2.85. The molecule has 0 saturated heterocycles. The molecule has 0 spiro atoms. The van der Waals surface area contributed by atoms with E-state index >= 15 is 0 Å². The van der Waals surface area contributed by atoms with Gasteiger partial charge < -0.3 is 19.5 Å². The van der Waals surface area contributed by atoms with Gasteiger partial charge in [0.2, 0.25) is 0 Å². The third-order valence-electron chi connectivity index (χ3n) is 5.09. The van der Waals surface area contributed by atoms with Crippen molar-refractivity contribution in [2.24, 2.45) is 0 Å². The van der Waals surface area contributed by atoms with Crippen LogP contribution in [0.2, 0.25) is 5.02 Å². The Kier molecular flexibility index (Phi) is 7.35. The Bertz CT molecular complexity index is 1260. The fourth-order valence-electron chi connectivity index (χ4n) is 3.27. The van der Waals surface area contributed by atoms with Crippen molar-refractivity contribution < 1.29 is 19.0 Å². The summed E-state index contributed by atoms with van der Waals surface area (Å²) in [6.07, 6.45) is 0. The molecular weight excluding hydrogens is 450 g/mol. The Morgan fingerprint density at radius 1 is 0.882 bits per heavy atom. The van der Waals surface area contributed by atoms with Gasteiger partial charge in [-0.2, -0.15) is 0 Å². The lowest BCUT2D eigenvalue weighted by Crippen LogP contribution is -2.12. The van der Waals surface area contributed by atoms with E-state index in [-0.39, 0.29) is 5.91 Å². The lowest BCUT2D eigenvalue weighted by molar-refractivity contribution is 0.102. The van der Waals surface area contributed by atoms with Crippen LogP contribution in [0.5, 0.6) is 23.0 Å². The molecule has 4 aromatic rings. The maximum atomic E-state index is 12.8. The van der Waals surface area contributed by atoms with Gasteiger partial charge in [-0.05, 0) is 61.0 Å². The summed E-state index contributed by atoms with van der Waals surface area (Å²) < 4.78 is 17.1. The van der Waals surface area contributed by atoms with E-state index in [9.17, 15) is 4.79 Å². The van der Waals surface area contributed by atoms with Gasteiger partial charge in [0.05, 0.1) is 12.1 Å². The van der Waals surface area contributed by atoms with Gasteiger partial charge in [0.25, 0.3) is 5.91 Å². The molecule has 0 atom stereocenters. The van der Waals surface area contributed by atoms with Crippen LogP contribution >= 0.6 is 11.6 Å². The first-order valence-electron chi connectivity index (χ1n) is 10.7. The molecule has 4 rings (SSSR count). The van der Waals surface area contributed by atoms with Crippen LogP contribution in [0.3, 0.4) is 0 Å². The predicted octanol–water partition coefficient (Wildman–Crippen LogP) is 7.28. The molecule has 0 bridgehead atoms. The third kappa shape index (κ3) is 5.88. The molecule has 0 heterocycles. The van der Waals surface area contributed by atoms with E-state index in [2.05, 4.69) is 5.32 Å². The third-order valence-corrected chi connectivity index (χ3v) is 5.37. The Morgan fingerprint density at radius 2 is 1.56 bits per heavy atom. The van der Waals surface area contributed by atoms with Crippen molar-refractivity contribution in [2.75, 3.05) is 12.4 Å². The monoisotopic (exact) mass is 473 g/mol. The lowest BCUT2D eigenvalue weighted by atomic mass is 10.1. The Morgan fingerprint density at radius 3 is 2.24 bits per heavy atom. The largest absolute Gasteiger partial charge is 0.493 e. The zero-order valence-electron chi connectivity index (χ0n) is 18.9. The Hall–Kier alpha value is -3.96. The molecule has 0 unspecified atom stereocenters. The highest BCUT2D eigenvalue weighted by atomic mass is 35.5. The lowest BCUT2D eigenvalue weighted by Gasteiger charge is -2.14. The number of ether oxygens (including phenoxy) is 3. The van der Waals surface area contributed by atoms with Gasteiger partial charge in [-0.15, -0.1) is 0 Å². The number of hydrogen-bond donors (Lipinski definition) is 1. The summed E-state index contributed by atoms with van der Waals surface area (Å²) in [5, 5.41) is 3.16. The second kappa shape index (κ2) is 10.8. The number of carbonyl (C=O) groups is 1. The molecule has 4 aromatic carbocycles. The number of anilines is 1. The maximum Gasteiger partial charge on any atom is 0.255 e. The molecule has 0 aliphatic carbocycles. The summed E-state index contributed by atoms with van der Waals surface area (Å²) in [7, 11) is 1.51. The highest BCUT2D eigenvalue weighted by Crippen LogP contribution is 2.37. The second-order valence-corrected chi connectivity index (χ2v) is 8.06. The van der Waals surface area contributed by atoms with E-state index in [0.717, 1.165) is 11.3 Å². The summed E-state index contributed by atoms with van der Waals surface area (Å²) in [6.45, 7) is 2.36. The molecule has 34 heavy (non-hydrogen) atoms. The number of halogens is 1. The van der Waals surface area contributed by atoms with E-state index in [4.69, 9.17) is 25.8 Å². The standard InChI is InChI=1S/C28H24ClNO4/c1-19-8-10-20(11-9-19)18-33-27-25(29)16-21(17-26(27)32-2)28(31)30-22-12-14-24(15-13-22)34-23-6-4-3-5-7-23/h3-17H,18H2,1-2H3,(H,30,31). The summed E-state index contributed by atoms with van der Waals surface area (Å²) in [5.74, 6) is 1.87. The average molecular weight is 474 g/mol. The second-order valence-electron chi connectivity index (χ2n) is 7.66. The molecule has 1 N–H and O–H groups in total. The molecule has 1 amide bonds. The van der Waals surface area contributed by atoms with Crippen molar-refractivity contribution in [3.63, 3.8) is 0 Å². The minimum Gasteiger partial charge on any atom is -0.493 e. The van der Waals surface area contributed by atoms with Gasteiger partial charge in [0.15, 0.2) is 11.5 Å². The minimum absolute atomic E-state index is 0.295. The van der Waals surface area contributed by atoms with Crippen LogP contribution in [0.1, 0.15) is 21.5 Å². The van der Waals surface area contributed by atoms with E-state index in [0.29, 0.717) is 40.1 Å². The van der Waals surface area contributed by atoms with Crippen molar-refractivity contribution >= 4 is 23.2 Å². The van der Waals surface area contributed by atoms with Gasteiger partial charge in [0.1, 0.15) is 18.1 Å². The smallest absolute Gasteiger partial charge is 0.255 e. The Balaban J connectivity index is 1.43. The van der Waals surface area contributed by atoms with Crippen molar-refractivity contribution in [1.29, 1.82) is 0 Å². The van der Waals surface area contributed by atoms with Crippen LogP contribution < -0.4 is 19.5 Å². The number of methoxy groups -OCH3 is 1. The number of amides is 1. The first kappa shape index (κ1) is 23.2. The van der Waals surface area contributed by atoms with Gasteiger partial charge in [-0.25, -0.2) is 0 Å². The molecule has 0 radical (unpaired) electrons. The van der Waals surface area contributed by atoms with Crippen molar-refractivity contribution in [3.05, 3.63) is 113 Å². The fourth-order valence-corrected chi connectivity index (χ4v) is 3.53. The van der Waals surface area contributed by atoms with E-state index in [1.54, 1.807) is 36.4 Å². The normalized spacial score (nSPS) is 10.4. The Labute approximate surface area is 203 Å². The molecule has 0 aliphatic rings. The SMILES string of the molecule is COc1cc(C(=O)Nc2ccc(Oc3ccccc3)cc2)cc(Cl)c1OCc1ccc(C)cc1. The zero-order valence-corrected chi connectivity index (χ0v) is 19.6. The van der Waals surface area contributed by atoms with Crippen molar-refractivity contribution in [1.82, 2.24) is 0 Å². The maximum absolute atomic E-state index is 12.8. The van der Waals surface area contributed by atoms with Crippen LogP contribution in [0.25, 0.3) is 0 Å². The summed E-state index contributed by atoms with van der Waals surface area (Å²) in [4.78, 5) is 12.8. The molecule has 6 heteroatoms. The van der Waals surface area contributed by atoms with E-state index < -0.39 is 0 Å². The first-order valence-corrected chi connectivity index (χ1v) is 11.1. The van der Waals surface area contributed by atoms with Crippen LogP contribution in [0, 0.1) is 6.92 Å². The topological polar surface area (TPSA) is 56.8 Å². The number of para-hydroxylation sites is 1. The van der Waals surface area contributed by atoms with Gasteiger partial charge in [-0.3, -0.25) is 4.79 Å². The summed E-state index contributed by atoms with van der Waals surface area (Å²) in [5.41, 5.74) is 3.16. The van der Waals surface area contributed by atoms with Crippen molar-refractivity contribution in [3.8, 4) is 23.0 Å². The number of hydrogen-bond acceptors (Lipinski definition) is 4. The van der Waals surface area contributed by atoms with Crippen LogP contribution in [0.4, 0.5) is 5.69 Å². The van der Waals surface area contributed by atoms with Gasteiger partial charge >= 0.3 is 0 Å². The van der Waals surface area contributed by atoms with Gasteiger partial charge in [-0.1, -0.05) is 59.6 Å². The quantitative estimate of drug-likeness (QED) is 0.292. The van der Waals surface area contributed by atoms with Crippen LogP contribution in [-0.4, -0.2) is 13.0 Å². The zero-order chi connectivity index (χ0) is 23.9. The van der Waals surface area contributed by atoms with E-state index in [1.807, 2.05) is 61.5 Å². The van der Waals surface area contributed by atoms with Crippen molar-refractivity contribution in [2.45, 2.75) is 13.5 Å². The number of nitrogens with one attached hydrogen (secondary N) is 1. The summed E-state index contributed by atoms with van der Waals surface area (Å²) >= 11 is 6.45. The van der Waals surface area contributed by atoms with E-state index in [1.165, 1.54) is 12.7 Å². The molecule has 0 saturated carbocycles. The molecular formula is C28H24ClNO4. The number of benzene rings is 4. The highest BCUT2D eigenvalue weighted by Gasteiger charge is 2.16. The minimum atomic E-state index is -0.318. The molecule has 0 aliphatic heterocycles. The molecule has 5 nitrogen and oxygen atoms in total. The van der Waals surface area contributed by atoms with Gasteiger partial charge in [0, 0.05) is 11.3 Å². The van der Waals surface area contributed by atoms with Crippen LogP contribution in [0.15, 0.2) is 91.0 Å². The molecule has 0 aromatic heterocycles. The number of carbonyl (C=O) groups excluding carboxylic acids is 1. The van der Waals surface area contributed by atoms with Crippen LogP contribution in [-0.2, 0) is 6.61 Å². The molecule has 0 fully saturated rings. The number of rotatable bonds is 8. The fraction of sp³-hybridized carbons (Fsp3) is 0.107. The number of aryl methyl sites for hydroxylation is 1. The highest BCUT2D eigenvalue weighted by molar-refractivity contribution is 6.32.